The van der Waals surface area contributed by atoms with Crippen molar-refractivity contribution in [3.05, 3.63) is 66.1 Å². The van der Waals surface area contributed by atoms with Crippen LogP contribution in [-0.2, 0) is 20.3 Å². The van der Waals surface area contributed by atoms with E-state index in [1.165, 1.54) is 19.2 Å². The van der Waals surface area contributed by atoms with Crippen LogP contribution in [0.5, 0.6) is 5.75 Å². The quantitative estimate of drug-likeness (QED) is 0.579. The first-order valence-electron chi connectivity index (χ1n) is 9.78. The van der Waals surface area contributed by atoms with Crippen LogP contribution in [0.15, 0.2) is 59.5 Å². The normalized spacial score (nSPS) is 14.5. The van der Waals surface area contributed by atoms with Gasteiger partial charge >= 0.3 is 0 Å². The van der Waals surface area contributed by atoms with Gasteiger partial charge in [-0.1, -0.05) is 18.2 Å². The SMILES string of the molecule is COc1ccc(-c2nc(CS(=O)(=O)c3ccccc3)cc(N3CCOCC3)n2)cc1F. The topological polar surface area (TPSA) is 81.6 Å². The highest BCUT2D eigenvalue weighted by atomic mass is 32.2. The molecule has 0 amide bonds. The molecule has 9 heteroatoms. The summed E-state index contributed by atoms with van der Waals surface area (Å²) in [5, 5.41) is 0. The highest BCUT2D eigenvalue weighted by molar-refractivity contribution is 7.90. The Morgan fingerprint density at radius 1 is 1.06 bits per heavy atom. The van der Waals surface area contributed by atoms with Gasteiger partial charge in [-0.05, 0) is 30.3 Å². The number of halogens is 1. The van der Waals surface area contributed by atoms with Crippen molar-refractivity contribution in [1.82, 2.24) is 9.97 Å². The molecule has 0 aliphatic carbocycles. The molecule has 1 aliphatic rings. The van der Waals surface area contributed by atoms with E-state index in [-0.39, 0.29) is 22.2 Å². The molecular formula is C22H22FN3O4S. The molecule has 7 nitrogen and oxygen atoms in total. The van der Waals surface area contributed by atoms with Crippen molar-refractivity contribution in [1.29, 1.82) is 0 Å². The van der Waals surface area contributed by atoms with E-state index in [1.807, 2.05) is 4.90 Å². The van der Waals surface area contributed by atoms with E-state index in [0.717, 1.165) is 0 Å². The summed E-state index contributed by atoms with van der Waals surface area (Å²) in [6, 6.07) is 14.3. The number of nitrogens with zero attached hydrogens (tertiary/aromatic N) is 3. The maximum Gasteiger partial charge on any atom is 0.184 e. The average molecular weight is 444 g/mol. The van der Waals surface area contributed by atoms with Gasteiger partial charge in [-0.2, -0.15) is 0 Å². The standard InChI is InChI=1S/C22H22FN3O4S/c1-29-20-8-7-16(13-19(20)23)22-24-17(14-21(25-22)26-9-11-30-12-10-26)15-31(27,28)18-5-3-2-4-6-18/h2-8,13-14H,9-12,15H2,1H3. The van der Waals surface area contributed by atoms with Gasteiger partial charge in [0.2, 0.25) is 0 Å². The number of benzene rings is 2. The van der Waals surface area contributed by atoms with Crippen LogP contribution in [0.25, 0.3) is 11.4 Å². The molecule has 4 rings (SSSR count). The van der Waals surface area contributed by atoms with Crippen LogP contribution in [-0.4, -0.2) is 51.8 Å². The number of hydrogen-bond donors (Lipinski definition) is 0. The van der Waals surface area contributed by atoms with Crippen molar-refractivity contribution in [3.8, 4) is 17.1 Å². The average Bonchev–Trinajstić information content (AvgIpc) is 2.79. The molecule has 0 unspecified atom stereocenters. The monoisotopic (exact) mass is 443 g/mol. The van der Waals surface area contributed by atoms with E-state index >= 15 is 0 Å². The van der Waals surface area contributed by atoms with Crippen LogP contribution in [0.1, 0.15) is 5.69 Å². The smallest absolute Gasteiger partial charge is 0.184 e. The van der Waals surface area contributed by atoms with Crippen LogP contribution in [0.2, 0.25) is 0 Å². The Hall–Kier alpha value is -3.04. The van der Waals surface area contributed by atoms with E-state index in [1.54, 1.807) is 42.5 Å². The summed E-state index contributed by atoms with van der Waals surface area (Å²) >= 11 is 0. The maximum absolute atomic E-state index is 14.3. The van der Waals surface area contributed by atoms with Gasteiger partial charge in [-0.3, -0.25) is 0 Å². The maximum atomic E-state index is 14.3. The van der Waals surface area contributed by atoms with Crippen molar-refractivity contribution in [3.63, 3.8) is 0 Å². The minimum absolute atomic E-state index is 0.111. The Labute approximate surface area is 180 Å². The Bertz CT molecular complexity index is 1170. The van der Waals surface area contributed by atoms with Crippen LogP contribution >= 0.6 is 0 Å². The van der Waals surface area contributed by atoms with E-state index in [2.05, 4.69) is 9.97 Å². The molecule has 3 aromatic rings. The second-order valence-electron chi connectivity index (χ2n) is 7.06. The van der Waals surface area contributed by atoms with Gasteiger partial charge in [0.1, 0.15) is 5.82 Å². The first-order chi connectivity index (χ1) is 15.0. The van der Waals surface area contributed by atoms with Gasteiger partial charge in [-0.25, -0.2) is 22.8 Å². The molecule has 2 heterocycles. The Morgan fingerprint density at radius 2 is 1.81 bits per heavy atom. The number of sulfone groups is 1. The minimum atomic E-state index is -3.61. The van der Waals surface area contributed by atoms with Crippen molar-refractivity contribution in [2.75, 3.05) is 38.3 Å². The van der Waals surface area contributed by atoms with Gasteiger partial charge in [0, 0.05) is 24.7 Å². The zero-order valence-electron chi connectivity index (χ0n) is 17.0. The Morgan fingerprint density at radius 3 is 2.48 bits per heavy atom. The summed E-state index contributed by atoms with van der Waals surface area (Å²) in [4.78, 5) is 11.3. The van der Waals surface area contributed by atoms with E-state index in [9.17, 15) is 12.8 Å². The molecule has 162 valence electrons. The molecule has 1 aromatic heterocycles. The number of anilines is 1. The molecule has 1 fully saturated rings. The molecule has 0 radical (unpaired) electrons. The number of hydrogen-bond acceptors (Lipinski definition) is 7. The Kier molecular flexibility index (Phi) is 6.15. The summed E-state index contributed by atoms with van der Waals surface area (Å²) in [5.41, 5.74) is 0.776. The lowest BCUT2D eigenvalue weighted by Gasteiger charge is -2.28. The van der Waals surface area contributed by atoms with E-state index in [0.29, 0.717) is 43.4 Å². The first kappa shape index (κ1) is 21.2. The van der Waals surface area contributed by atoms with Gasteiger partial charge in [-0.15, -0.1) is 0 Å². The van der Waals surface area contributed by atoms with Gasteiger partial charge < -0.3 is 14.4 Å². The lowest BCUT2D eigenvalue weighted by atomic mass is 10.2. The van der Waals surface area contributed by atoms with Crippen LogP contribution < -0.4 is 9.64 Å². The zero-order valence-corrected chi connectivity index (χ0v) is 17.8. The molecule has 0 spiro atoms. The fraction of sp³-hybridized carbons (Fsp3) is 0.273. The van der Waals surface area contributed by atoms with Crippen LogP contribution in [0.3, 0.4) is 0 Å². The highest BCUT2D eigenvalue weighted by Crippen LogP contribution is 2.27. The number of ether oxygens (including phenoxy) is 2. The van der Waals surface area contributed by atoms with E-state index < -0.39 is 15.7 Å². The summed E-state index contributed by atoms with van der Waals surface area (Å²) in [6.07, 6.45) is 0. The number of rotatable bonds is 6. The molecular weight excluding hydrogens is 421 g/mol. The van der Waals surface area contributed by atoms with Crippen molar-refractivity contribution < 1.29 is 22.3 Å². The molecule has 0 bridgehead atoms. The molecule has 0 atom stereocenters. The second-order valence-corrected chi connectivity index (χ2v) is 9.05. The summed E-state index contributed by atoms with van der Waals surface area (Å²) in [6.45, 7) is 2.35. The third-order valence-corrected chi connectivity index (χ3v) is 6.62. The molecule has 2 aromatic carbocycles. The molecule has 0 N–H and O–H groups in total. The molecule has 0 saturated carbocycles. The van der Waals surface area contributed by atoms with E-state index in [4.69, 9.17) is 9.47 Å². The fourth-order valence-electron chi connectivity index (χ4n) is 3.35. The van der Waals surface area contributed by atoms with Crippen molar-refractivity contribution >= 4 is 15.7 Å². The summed E-state index contributed by atoms with van der Waals surface area (Å²) in [5.74, 6) is 0.119. The van der Waals surface area contributed by atoms with Crippen molar-refractivity contribution in [2.24, 2.45) is 0 Å². The fourth-order valence-corrected chi connectivity index (χ4v) is 4.63. The molecule has 1 aliphatic heterocycles. The Balaban J connectivity index is 1.75. The number of aromatic nitrogens is 2. The van der Waals surface area contributed by atoms with Gasteiger partial charge in [0.15, 0.2) is 27.2 Å². The van der Waals surface area contributed by atoms with Crippen LogP contribution in [0.4, 0.5) is 10.2 Å². The third-order valence-electron chi connectivity index (χ3n) is 4.95. The predicted molar refractivity (Wildman–Crippen MR) is 114 cm³/mol. The third kappa shape index (κ3) is 4.83. The van der Waals surface area contributed by atoms with Gasteiger partial charge in [0.05, 0.1) is 36.7 Å². The molecule has 31 heavy (non-hydrogen) atoms. The minimum Gasteiger partial charge on any atom is -0.494 e. The summed E-state index contributed by atoms with van der Waals surface area (Å²) in [7, 11) is -2.22. The first-order valence-corrected chi connectivity index (χ1v) is 11.4. The highest BCUT2D eigenvalue weighted by Gasteiger charge is 2.21. The summed E-state index contributed by atoms with van der Waals surface area (Å²) < 4.78 is 50.5. The number of methoxy groups -OCH3 is 1. The lowest BCUT2D eigenvalue weighted by molar-refractivity contribution is 0.122. The lowest BCUT2D eigenvalue weighted by Crippen LogP contribution is -2.37. The van der Waals surface area contributed by atoms with Crippen molar-refractivity contribution in [2.45, 2.75) is 10.6 Å². The zero-order chi connectivity index (χ0) is 21.8. The second kappa shape index (κ2) is 8.99. The predicted octanol–water partition coefficient (Wildman–Crippen LogP) is 3.10. The number of morpholine rings is 1. The molecule has 1 saturated heterocycles. The van der Waals surface area contributed by atoms with Gasteiger partial charge in [0.25, 0.3) is 0 Å². The largest absolute Gasteiger partial charge is 0.494 e. The van der Waals surface area contributed by atoms with Crippen LogP contribution in [0, 0.1) is 5.82 Å².